The van der Waals surface area contributed by atoms with Gasteiger partial charge in [0.2, 0.25) is 0 Å². The summed E-state index contributed by atoms with van der Waals surface area (Å²) in [5, 5.41) is 8.82. The van der Waals surface area contributed by atoms with Crippen molar-refractivity contribution in [2.24, 2.45) is 11.7 Å². The van der Waals surface area contributed by atoms with Crippen molar-refractivity contribution in [3.8, 4) is 5.75 Å². The lowest BCUT2D eigenvalue weighted by atomic mass is 9.97. The van der Waals surface area contributed by atoms with E-state index in [4.69, 9.17) is 15.6 Å². The van der Waals surface area contributed by atoms with Crippen molar-refractivity contribution in [2.75, 3.05) is 6.61 Å². The maximum Gasteiger partial charge on any atom is 0.306 e. The molecule has 1 aromatic rings. The fraction of sp³-hybridized carbons (Fsp3) is 0.462. The third-order valence-corrected chi connectivity index (χ3v) is 2.65. The van der Waals surface area contributed by atoms with Gasteiger partial charge in [-0.1, -0.05) is 19.1 Å². The Morgan fingerprint density at radius 2 is 2.00 bits per heavy atom. The molecule has 94 valence electrons. The van der Waals surface area contributed by atoms with E-state index >= 15 is 0 Å². The van der Waals surface area contributed by atoms with E-state index in [9.17, 15) is 4.79 Å². The molecule has 0 fully saturated rings. The Hall–Kier alpha value is -1.55. The van der Waals surface area contributed by atoms with Crippen LogP contribution in [0.4, 0.5) is 0 Å². The lowest BCUT2D eigenvalue weighted by Crippen LogP contribution is -2.19. The van der Waals surface area contributed by atoms with Crippen LogP contribution in [0.1, 0.15) is 31.9 Å². The Morgan fingerprint density at radius 1 is 1.41 bits per heavy atom. The SMILES string of the molecule is CCOc1ccc(C(N)CC(C)C(=O)O)cc1. The van der Waals surface area contributed by atoms with E-state index in [0.717, 1.165) is 11.3 Å². The molecule has 0 saturated heterocycles. The predicted molar refractivity (Wildman–Crippen MR) is 66.0 cm³/mol. The number of carboxylic acid groups (broad SMARTS) is 1. The maximum absolute atomic E-state index is 10.7. The van der Waals surface area contributed by atoms with Gasteiger partial charge in [0.1, 0.15) is 5.75 Å². The molecule has 0 aliphatic carbocycles. The molecule has 0 aliphatic heterocycles. The van der Waals surface area contributed by atoms with E-state index < -0.39 is 11.9 Å². The van der Waals surface area contributed by atoms with Gasteiger partial charge in [-0.05, 0) is 31.0 Å². The Morgan fingerprint density at radius 3 is 2.47 bits per heavy atom. The van der Waals surface area contributed by atoms with E-state index in [-0.39, 0.29) is 6.04 Å². The first-order valence-electron chi connectivity index (χ1n) is 5.75. The number of rotatable bonds is 6. The average molecular weight is 237 g/mol. The lowest BCUT2D eigenvalue weighted by molar-refractivity contribution is -0.141. The molecule has 0 heterocycles. The van der Waals surface area contributed by atoms with E-state index in [0.29, 0.717) is 13.0 Å². The van der Waals surface area contributed by atoms with Crippen LogP contribution in [0.5, 0.6) is 5.75 Å². The first-order chi connectivity index (χ1) is 8.04. The molecule has 2 atom stereocenters. The molecule has 2 unspecified atom stereocenters. The van der Waals surface area contributed by atoms with E-state index in [1.54, 1.807) is 6.92 Å². The molecule has 0 aliphatic rings. The Bertz CT molecular complexity index is 361. The molecule has 17 heavy (non-hydrogen) atoms. The zero-order valence-electron chi connectivity index (χ0n) is 10.2. The number of carboxylic acids is 1. The third kappa shape index (κ3) is 4.07. The highest BCUT2D eigenvalue weighted by Gasteiger charge is 2.16. The van der Waals surface area contributed by atoms with Gasteiger partial charge in [-0.25, -0.2) is 0 Å². The first-order valence-corrected chi connectivity index (χ1v) is 5.75. The van der Waals surface area contributed by atoms with E-state index in [1.165, 1.54) is 0 Å². The fourth-order valence-corrected chi connectivity index (χ4v) is 1.60. The summed E-state index contributed by atoms with van der Waals surface area (Å²) < 4.78 is 5.32. The van der Waals surface area contributed by atoms with Crippen molar-refractivity contribution in [1.82, 2.24) is 0 Å². The second-order valence-corrected chi connectivity index (χ2v) is 4.08. The second-order valence-electron chi connectivity index (χ2n) is 4.08. The normalized spacial score (nSPS) is 14.1. The maximum atomic E-state index is 10.7. The number of hydrogen-bond acceptors (Lipinski definition) is 3. The van der Waals surface area contributed by atoms with Crippen LogP contribution in [-0.2, 0) is 4.79 Å². The zero-order chi connectivity index (χ0) is 12.8. The molecular formula is C13H19NO3. The van der Waals surface area contributed by atoms with Gasteiger partial charge in [-0.15, -0.1) is 0 Å². The van der Waals surface area contributed by atoms with Crippen LogP contribution < -0.4 is 10.5 Å². The van der Waals surface area contributed by atoms with Gasteiger partial charge in [0.25, 0.3) is 0 Å². The molecule has 4 heteroatoms. The largest absolute Gasteiger partial charge is 0.494 e. The van der Waals surface area contributed by atoms with Crippen LogP contribution in [0.3, 0.4) is 0 Å². The summed E-state index contributed by atoms with van der Waals surface area (Å²) in [6.07, 6.45) is 0.434. The van der Waals surface area contributed by atoms with Crippen molar-refractivity contribution in [3.05, 3.63) is 29.8 Å². The van der Waals surface area contributed by atoms with Gasteiger partial charge in [-0.2, -0.15) is 0 Å². The topological polar surface area (TPSA) is 72.5 Å². The summed E-state index contributed by atoms with van der Waals surface area (Å²) in [6, 6.07) is 7.21. The Labute approximate surface area is 101 Å². The molecule has 3 N–H and O–H groups in total. The summed E-state index contributed by atoms with van der Waals surface area (Å²) in [6.45, 7) is 4.21. The minimum atomic E-state index is -0.814. The van der Waals surface area contributed by atoms with Gasteiger partial charge >= 0.3 is 5.97 Å². The number of hydrogen-bond donors (Lipinski definition) is 2. The molecule has 0 bridgehead atoms. The smallest absolute Gasteiger partial charge is 0.306 e. The standard InChI is InChI=1S/C13H19NO3/c1-3-17-11-6-4-10(5-7-11)12(14)8-9(2)13(15)16/h4-7,9,12H,3,8,14H2,1-2H3,(H,15,16). The van der Waals surface area contributed by atoms with Gasteiger partial charge in [-0.3, -0.25) is 4.79 Å². The average Bonchev–Trinajstić information content (AvgIpc) is 2.30. The number of carbonyl (C=O) groups is 1. The van der Waals surface area contributed by atoms with Crippen LogP contribution in [0, 0.1) is 5.92 Å². The summed E-state index contributed by atoms with van der Waals surface area (Å²) in [4.78, 5) is 10.7. The summed E-state index contributed by atoms with van der Waals surface area (Å²) in [7, 11) is 0. The molecule has 0 radical (unpaired) electrons. The molecule has 0 amide bonds. The van der Waals surface area contributed by atoms with Crippen molar-refractivity contribution in [3.63, 3.8) is 0 Å². The highest BCUT2D eigenvalue weighted by Crippen LogP contribution is 2.21. The fourth-order valence-electron chi connectivity index (χ4n) is 1.60. The molecule has 1 rings (SSSR count). The van der Waals surface area contributed by atoms with Crippen LogP contribution in [0.25, 0.3) is 0 Å². The second kappa shape index (κ2) is 6.25. The van der Waals surface area contributed by atoms with Crippen LogP contribution in [0.2, 0.25) is 0 Å². The Kier molecular flexibility index (Phi) is 4.97. The third-order valence-electron chi connectivity index (χ3n) is 2.65. The number of nitrogens with two attached hydrogens (primary N) is 1. The quantitative estimate of drug-likeness (QED) is 0.795. The van der Waals surface area contributed by atoms with Crippen molar-refractivity contribution in [2.45, 2.75) is 26.3 Å². The monoisotopic (exact) mass is 237 g/mol. The van der Waals surface area contributed by atoms with Crippen molar-refractivity contribution >= 4 is 5.97 Å². The van der Waals surface area contributed by atoms with Crippen LogP contribution in [0.15, 0.2) is 24.3 Å². The molecule has 1 aromatic carbocycles. The molecule has 0 saturated carbocycles. The zero-order valence-corrected chi connectivity index (χ0v) is 10.2. The van der Waals surface area contributed by atoms with Gasteiger partial charge in [0.15, 0.2) is 0 Å². The molecule has 4 nitrogen and oxygen atoms in total. The Balaban J connectivity index is 2.63. The molecule has 0 spiro atoms. The number of benzene rings is 1. The predicted octanol–water partition coefficient (Wildman–Crippen LogP) is 2.20. The van der Waals surface area contributed by atoms with Crippen LogP contribution in [-0.4, -0.2) is 17.7 Å². The van der Waals surface area contributed by atoms with Crippen LogP contribution >= 0.6 is 0 Å². The minimum absolute atomic E-state index is 0.253. The van der Waals surface area contributed by atoms with Crippen molar-refractivity contribution in [1.29, 1.82) is 0 Å². The minimum Gasteiger partial charge on any atom is -0.494 e. The summed E-state index contributed by atoms with van der Waals surface area (Å²) in [5.41, 5.74) is 6.89. The van der Waals surface area contributed by atoms with E-state index in [2.05, 4.69) is 0 Å². The number of aliphatic carboxylic acids is 1. The van der Waals surface area contributed by atoms with Gasteiger partial charge < -0.3 is 15.6 Å². The number of ether oxygens (including phenoxy) is 1. The summed E-state index contributed by atoms with van der Waals surface area (Å²) in [5.74, 6) is -0.447. The highest BCUT2D eigenvalue weighted by atomic mass is 16.5. The first kappa shape index (κ1) is 13.5. The molecule has 0 aromatic heterocycles. The van der Waals surface area contributed by atoms with Crippen molar-refractivity contribution < 1.29 is 14.6 Å². The lowest BCUT2D eigenvalue weighted by Gasteiger charge is -2.15. The van der Waals surface area contributed by atoms with Gasteiger partial charge in [0.05, 0.1) is 12.5 Å². The van der Waals surface area contributed by atoms with E-state index in [1.807, 2.05) is 31.2 Å². The highest BCUT2D eigenvalue weighted by molar-refractivity contribution is 5.69. The molecular weight excluding hydrogens is 218 g/mol. The summed E-state index contributed by atoms with van der Waals surface area (Å²) >= 11 is 0. The van der Waals surface area contributed by atoms with Gasteiger partial charge in [0, 0.05) is 6.04 Å².